The Balaban J connectivity index is 2.02. The van der Waals surface area contributed by atoms with Crippen LogP contribution < -0.4 is 4.90 Å². The molecule has 100 valence electrons. The predicted octanol–water partition coefficient (Wildman–Crippen LogP) is 1.14. The fourth-order valence-corrected chi connectivity index (χ4v) is 1.75. The molecule has 0 unspecified atom stereocenters. The molecule has 0 aliphatic carbocycles. The largest absolute Gasteiger partial charge is 0.378 e. The minimum absolute atomic E-state index is 0.148. The lowest BCUT2D eigenvalue weighted by Crippen LogP contribution is -2.26. The van der Waals surface area contributed by atoms with Crippen molar-refractivity contribution in [1.29, 1.82) is 0 Å². The molecule has 2 rings (SSSR count). The van der Waals surface area contributed by atoms with Crippen LogP contribution >= 0.6 is 0 Å². The maximum atomic E-state index is 12.0. The summed E-state index contributed by atoms with van der Waals surface area (Å²) in [5.74, 6) is -0.148. The molecule has 1 aromatic carbocycles. The van der Waals surface area contributed by atoms with Crippen LogP contribution in [0.1, 0.15) is 16.1 Å². The average molecular weight is 259 g/mol. The van der Waals surface area contributed by atoms with E-state index in [-0.39, 0.29) is 5.91 Å². The zero-order valence-electron chi connectivity index (χ0n) is 11.3. The highest BCUT2D eigenvalue weighted by molar-refractivity contribution is 5.91. The smallest absolute Gasteiger partial charge is 0.276 e. The van der Waals surface area contributed by atoms with E-state index >= 15 is 0 Å². The van der Waals surface area contributed by atoms with Crippen molar-refractivity contribution in [3.63, 3.8) is 0 Å². The van der Waals surface area contributed by atoms with Gasteiger partial charge < -0.3 is 9.80 Å². The lowest BCUT2D eigenvalue weighted by atomic mass is 10.2. The number of hydrogen-bond donors (Lipinski definition) is 1. The van der Waals surface area contributed by atoms with E-state index in [4.69, 9.17) is 0 Å². The van der Waals surface area contributed by atoms with Gasteiger partial charge in [0, 0.05) is 33.4 Å². The van der Waals surface area contributed by atoms with Crippen molar-refractivity contribution >= 4 is 11.6 Å². The molecule has 0 radical (unpaired) electrons. The first-order valence-electron chi connectivity index (χ1n) is 5.95. The summed E-state index contributed by atoms with van der Waals surface area (Å²) in [6.07, 6.45) is 1.42. The van der Waals surface area contributed by atoms with Gasteiger partial charge in [0.1, 0.15) is 0 Å². The molecule has 1 N–H and O–H groups in total. The van der Waals surface area contributed by atoms with Crippen molar-refractivity contribution in [3.05, 3.63) is 41.7 Å². The Kier molecular flexibility index (Phi) is 3.79. The summed E-state index contributed by atoms with van der Waals surface area (Å²) in [5.41, 5.74) is 2.53. The number of carbonyl (C=O) groups excluding carboxylic acids is 1. The van der Waals surface area contributed by atoms with E-state index in [2.05, 4.69) is 15.4 Å². The SMILES string of the molecule is CN(Cc1ccc(N(C)C)cc1)C(=O)c1cn[nH]n1. The zero-order valence-corrected chi connectivity index (χ0v) is 11.3. The van der Waals surface area contributed by atoms with Crippen LogP contribution in [0.4, 0.5) is 5.69 Å². The monoisotopic (exact) mass is 259 g/mol. The molecule has 2 aromatic rings. The summed E-state index contributed by atoms with van der Waals surface area (Å²) >= 11 is 0. The number of hydrogen-bond acceptors (Lipinski definition) is 4. The zero-order chi connectivity index (χ0) is 13.8. The van der Waals surface area contributed by atoms with Gasteiger partial charge in [-0.05, 0) is 17.7 Å². The van der Waals surface area contributed by atoms with Crippen molar-refractivity contribution in [1.82, 2.24) is 20.3 Å². The van der Waals surface area contributed by atoms with Crippen molar-refractivity contribution < 1.29 is 4.79 Å². The molecular formula is C13H17N5O. The molecule has 6 heteroatoms. The first-order chi connectivity index (χ1) is 9.08. The quantitative estimate of drug-likeness (QED) is 0.894. The van der Waals surface area contributed by atoms with E-state index in [9.17, 15) is 4.79 Å². The molecule has 0 saturated carbocycles. The maximum absolute atomic E-state index is 12.0. The Morgan fingerprint density at radius 3 is 2.42 bits per heavy atom. The van der Waals surface area contributed by atoms with Crippen molar-refractivity contribution in [2.45, 2.75) is 6.54 Å². The number of rotatable bonds is 4. The Morgan fingerprint density at radius 1 is 1.21 bits per heavy atom. The fourth-order valence-electron chi connectivity index (χ4n) is 1.75. The number of carbonyl (C=O) groups is 1. The standard InChI is InChI=1S/C13H17N5O/c1-17(2)11-6-4-10(5-7-11)9-18(3)13(19)12-8-14-16-15-12/h4-8H,9H2,1-3H3,(H,14,15,16). The van der Waals surface area contributed by atoms with E-state index in [1.807, 2.05) is 43.3 Å². The highest BCUT2D eigenvalue weighted by atomic mass is 16.2. The van der Waals surface area contributed by atoms with Gasteiger partial charge in [-0.15, -0.1) is 0 Å². The van der Waals surface area contributed by atoms with Gasteiger partial charge in [-0.3, -0.25) is 4.79 Å². The summed E-state index contributed by atoms with van der Waals surface area (Å²) in [7, 11) is 5.74. The Hall–Kier alpha value is -2.37. The number of nitrogens with zero attached hydrogens (tertiary/aromatic N) is 4. The van der Waals surface area contributed by atoms with Crippen LogP contribution in [0.2, 0.25) is 0 Å². The van der Waals surface area contributed by atoms with E-state index in [0.29, 0.717) is 12.2 Å². The van der Waals surface area contributed by atoms with Crippen molar-refractivity contribution in [2.75, 3.05) is 26.0 Å². The number of benzene rings is 1. The Morgan fingerprint density at radius 2 is 1.89 bits per heavy atom. The van der Waals surface area contributed by atoms with Gasteiger partial charge in [0.05, 0.1) is 6.20 Å². The normalized spacial score (nSPS) is 10.3. The Bertz CT molecular complexity index is 533. The molecule has 1 aromatic heterocycles. The van der Waals surface area contributed by atoms with Crippen LogP contribution in [0.15, 0.2) is 30.5 Å². The fraction of sp³-hybridized carbons (Fsp3) is 0.308. The predicted molar refractivity (Wildman–Crippen MR) is 72.9 cm³/mol. The summed E-state index contributed by atoms with van der Waals surface area (Å²) in [6.45, 7) is 0.541. The van der Waals surface area contributed by atoms with Crippen LogP contribution in [0.3, 0.4) is 0 Å². The van der Waals surface area contributed by atoms with Crippen LogP contribution in [0.5, 0.6) is 0 Å². The number of aromatic nitrogens is 3. The lowest BCUT2D eigenvalue weighted by molar-refractivity contribution is 0.0779. The van der Waals surface area contributed by atoms with E-state index < -0.39 is 0 Å². The molecule has 0 spiro atoms. The topological polar surface area (TPSA) is 65.1 Å². The number of aromatic amines is 1. The summed E-state index contributed by atoms with van der Waals surface area (Å²) in [6, 6.07) is 8.09. The molecule has 6 nitrogen and oxygen atoms in total. The van der Waals surface area contributed by atoms with Gasteiger partial charge >= 0.3 is 0 Å². The second-order valence-corrected chi connectivity index (χ2v) is 4.58. The molecule has 19 heavy (non-hydrogen) atoms. The van der Waals surface area contributed by atoms with Crippen molar-refractivity contribution in [2.24, 2.45) is 0 Å². The Labute approximate surface area is 112 Å². The van der Waals surface area contributed by atoms with Gasteiger partial charge in [0.25, 0.3) is 5.91 Å². The van der Waals surface area contributed by atoms with E-state index in [1.54, 1.807) is 11.9 Å². The molecule has 1 amide bonds. The molecule has 0 aliphatic rings. The second-order valence-electron chi connectivity index (χ2n) is 4.58. The number of amides is 1. The highest BCUT2D eigenvalue weighted by Gasteiger charge is 2.14. The summed E-state index contributed by atoms with van der Waals surface area (Å²) in [5, 5.41) is 9.85. The van der Waals surface area contributed by atoms with Gasteiger partial charge in [0.2, 0.25) is 0 Å². The van der Waals surface area contributed by atoms with E-state index in [0.717, 1.165) is 11.3 Å². The third kappa shape index (κ3) is 3.09. The molecular weight excluding hydrogens is 242 g/mol. The van der Waals surface area contributed by atoms with Gasteiger partial charge in [-0.1, -0.05) is 12.1 Å². The minimum atomic E-state index is -0.148. The lowest BCUT2D eigenvalue weighted by Gasteiger charge is -2.17. The molecule has 0 saturated heterocycles. The highest BCUT2D eigenvalue weighted by Crippen LogP contribution is 2.13. The van der Waals surface area contributed by atoms with Crippen LogP contribution in [-0.4, -0.2) is 47.4 Å². The number of anilines is 1. The second kappa shape index (κ2) is 5.51. The van der Waals surface area contributed by atoms with Gasteiger partial charge in [-0.25, -0.2) is 0 Å². The third-order valence-electron chi connectivity index (χ3n) is 2.85. The molecule has 0 fully saturated rings. The summed E-state index contributed by atoms with van der Waals surface area (Å²) in [4.78, 5) is 15.6. The van der Waals surface area contributed by atoms with E-state index in [1.165, 1.54) is 6.20 Å². The number of H-pyrrole nitrogens is 1. The maximum Gasteiger partial charge on any atom is 0.276 e. The first kappa shape index (κ1) is 13.1. The van der Waals surface area contributed by atoms with Crippen LogP contribution in [0.25, 0.3) is 0 Å². The molecule has 0 bridgehead atoms. The summed E-state index contributed by atoms with van der Waals surface area (Å²) < 4.78 is 0. The van der Waals surface area contributed by atoms with Crippen LogP contribution in [0, 0.1) is 0 Å². The first-order valence-corrected chi connectivity index (χ1v) is 5.95. The van der Waals surface area contributed by atoms with Gasteiger partial charge in [0.15, 0.2) is 5.69 Å². The van der Waals surface area contributed by atoms with Gasteiger partial charge in [-0.2, -0.15) is 15.4 Å². The molecule has 0 aliphatic heterocycles. The van der Waals surface area contributed by atoms with Crippen molar-refractivity contribution in [3.8, 4) is 0 Å². The minimum Gasteiger partial charge on any atom is -0.378 e. The average Bonchev–Trinajstić information content (AvgIpc) is 2.92. The third-order valence-corrected chi connectivity index (χ3v) is 2.85. The molecule has 0 atom stereocenters. The molecule has 1 heterocycles. The number of nitrogens with one attached hydrogen (secondary N) is 1. The van der Waals surface area contributed by atoms with Crippen LogP contribution in [-0.2, 0) is 6.54 Å².